The van der Waals surface area contributed by atoms with Gasteiger partial charge in [-0.25, -0.2) is 14.6 Å². The molecular weight excluding hydrogens is 460 g/mol. The normalized spacial score (nSPS) is 16.7. The number of dihydropyridines is 1. The zero-order valence-corrected chi connectivity index (χ0v) is 20.2. The summed E-state index contributed by atoms with van der Waals surface area (Å²) in [6.45, 7) is 5.22. The van der Waals surface area contributed by atoms with Crippen LogP contribution in [-0.4, -0.2) is 39.6 Å². The molecule has 0 saturated heterocycles. The first kappa shape index (κ1) is 25.0. The van der Waals surface area contributed by atoms with Gasteiger partial charge in [0.2, 0.25) is 0 Å². The molecule has 1 aromatic carbocycles. The Kier molecular flexibility index (Phi) is 7.77. The molecule has 1 aliphatic rings. The number of ether oxygens (including phenoxy) is 2. The van der Waals surface area contributed by atoms with E-state index in [-0.39, 0.29) is 30.0 Å². The first-order valence-electron chi connectivity index (χ1n) is 10.7. The van der Waals surface area contributed by atoms with Gasteiger partial charge in [-0.05, 0) is 26.3 Å². The summed E-state index contributed by atoms with van der Waals surface area (Å²) in [4.78, 5) is 41.6. The minimum Gasteiger partial charge on any atom is -0.463 e. The number of non-ortho nitro benzene ring substituents is 1. The first-order chi connectivity index (χ1) is 16.2. The first-order valence-corrected chi connectivity index (χ1v) is 11.2. The Bertz CT molecular complexity index is 1190. The molecule has 0 spiro atoms. The van der Waals surface area contributed by atoms with Gasteiger partial charge in [-0.3, -0.25) is 10.1 Å². The van der Waals surface area contributed by atoms with E-state index < -0.39 is 28.0 Å². The Labute approximate surface area is 202 Å². The fourth-order valence-electron chi connectivity index (χ4n) is 3.91. The van der Waals surface area contributed by atoms with Crippen LogP contribution >= 0.6 is 12.6 Å². The van der Waals surface area contributed by atoms with Crippen LogP contribution in [0.5, 0.6) is 0 Å². The summed E-state index contributed by atoms with van der Waals surface area (Å²) < 4.78 is 12.4. The van der Waals surface area contributed by atoms with E-state index in [1.165, 1.54) is 18.2 Å². The third kappa shape index (κ3) is 4.84. The molecule has 0 aliphatic carbocycles. The number of aromatic nitrogens is 2. The van der Waals surface area contributed by atoms with Crippen molar-refractivity contribution in [1.29, 1.82) is 0 Å². The summed E-state index contributed by atoms with van der Waals surface area (Å²) in [5.74, 6) is -1.75. The molecule has 180 valence electrons. The second-order valence-corrected chi connectivity index (χ2v) is 8.03. The summed E-state index contributed by atoms with van der Waals surface area (Å²) in [6.07, 6.45) is 3.35. The number of esters is 2. The zero-order chi connectivity index (χ0) is 25.0. The number of imidazole rings is 1. The third-order valence-corrected chi connectivity index (χ3v) is 5.86. The SMILES string of the molecule is CCOC(=O)C1=C(C)NC(C(S)c2nccn2C)=C(C(=O)OCC)C1c1cccc([N+](=O)[O-])c1. The number of carbonyl (C=O) groups excluding carboxylic acids is 2. The summed E-state index contributed by atoms with van der Waals surface area (Å²) in [6, 6.07) is 5.82. The highest BCUT2D eigenvalue weighted by Crippen LogP contribution is 2.44. The molecule has 0 saturated carbocycles. The van der Waals surface area contributed by atoms with Crippen molar-refractivity contribution in [2.45, 2.75) is 31.9 Å². The van der Waals surface area contributed by atoms with Crippen molar-refractivity contribution in [3.63, 3.8) is 0 Å². The second kappa shape index (κ2) is 10.6. The Morgan fingerprint density at radius 2 is 1.88 bits per heavy atom. The average Bonchev–Trinajstić information content (AvgIpc) is 3.23. The van der Waals surface area contributed by atoms with Gasteiger partial charge in [0, 0.05) is 43.0 Å². The van der Waals surface area contributed by atoms with Crippen LogP contribution in [0.25, 0.3) is 0 Å². The quantitative estimate of drug-likeness (QED) is 0.252. The van der Waals surface area contributed by atoms with Gasteiger partial charge in [0.05, 0.1) is 35.2 Å². The minimum absolute atomic E-state index is 0.0916. The largest absolute Gasteiger partial charge is 0.463 e. The van der Waals surface area contributed by atoms with Crippen molar-refractivity contribution < 1.29 is 24.0 Å². The van der Waals surface area contributed by atoms with Crippen LogP contribution in [0.1, 0.15) is 43.3 Å². The fourth-order valence-corrected chi connectivity index (χ4v) is 4.36. The van der Waals surface area contributed by atoms with E-state index >= 15 is 0 Å². The number of allylic oxidation sites excluding steroid dienone is 1. The molecule has 0 amide bonds. The van der Waals surface area contributed by atoms with Crippen LogP contribution in [-0.2, 0) is 26.1 Å². The number of carbonyl (C=O) groups is 2. The van der Waals surface area contributed by atoms with Crippen LogP contribution < -0.4 is 5.32 Å². The predicted octanol–water partition coefficient (Wildman–Crippen LogP) is 3.34. The monoisotopic (exact) mass is 486 g/mol. The molecule has 2 unspecified atom stereocenters. The molecule has 2 atom stereocenters. The maximum atomic E-state index is 13.3. The molecule has 10 nitrogen and oxygen atoms in total. The zero-order valence-electron chi connectivity index (χ0n) is 19.3. The van der Waals surface area contributed by atoms with Crippen LogP contribution in [0.4, 0.5) is 5.69 Å². The number of nitrogens with one attached hydrogen (secondary N) is 1. The van der Waals surface area contributed by atoms with Gasteiger partial charge in [-0.15, -0.1) is 0 Å². The van der Waals surface area contributed by atoms with Gasteiger partial charge in [0.1, 0.15) is 11.1 Å². The van der Waals surface area contributed by atoms with E-state index in [1.54, 1.807) is 50.8 Å². The van der Waals surface area contributed by atoms with E-state index in [1.807, 2.05) is 0 Å². The number of benzene rings is 1. The summed E-state index contributed by atoms with van der Waals surface area (Å²) in [7, 11) is 1.80. The number of nitro groups is 1. The van der Waals surface area contributed by atoms with Crippen molar-refractivity contribution in [3.8, 4) is 0 Å². The van der Waals surface area contributed by atoms with Crippen LogP contribution in [0.15, 0.2) is 59.2 Å². The number of hydrogen-bond donors (Lipinski definition) is 2. The minimum atomic E-state index is -0.982. The van der Waals surface area contributed by atoms with Crippen LogP contribution in [0.2, 0.25) is 0 Å². The lowest BCUT2D eigenvalue weighted by atomic mass is 9.79. The standard InChI is InChI=1S/C23H26N4O6S/c1-5-32-22(28)16-13(3)25-19(20(34)21-24-10-11-26(21)4)18(23(29)33-6-2)17(16)14-8-7-9-15(12-14)27(30)31/h7-12,17,20,25,34H,5-6H2,1-4H3. The lowest BCUT2D eigenvalue weighted by Gasteiger charge is -2.33. The van der Waals surface area contributed by atoms with Gasteiger partial charge in [0.25, 0.3) is 5.69 Å². The van der Waals surface area contributed by atoms with E-state index in [9.17, 15) is 19.7 Å². The van der Waals surface area contributed by atoms with Gasteiger partial charge >= 0.3 is 11.9 Å². The predicted molar refractivity (Wildman–Crippen MR) is 127 cm³/mol. The fraction of sp³-hybridized carbons (Fsp3) is 0.348. The number of nitrogens with zero attached hydrogens (tertiary/aromatic N) is 3. The maximum absolute atomic E-state index is 13.3. The number of thiol groups is 1. The Morgan fingerprint density at radius 1 is 1.24 bits per heavy atom. The summed E-state index contributed by atoms with van der Waals surface area (Å²) in [5.41, 5.74) is 1.28. The van der Waals surface area contributed by atoms with E-state index in [4.69, 9.17) is 22.1 Å². The summed E-state index contributed by atoms with van der Waals surface area (Å²) >= 11 is 4.73. The van der Waals surface area contributed by atoms with E-state index in [0.29, 0.717) is 22.8 Å². The molecule has 3 rings (SSSR count). The molecule has 2 aromatic rings. The number of aryl methyl sites for hydroxylation is 1. The molecule has 2 heterocycles. The molecule has 1 aliphatic heterocycles. The second-order valence-electron chi connectivity index (χ2n) is 7.52. The van der Waals surface area contributed by atoms with Crippen LogP contribution in [0.3, 0.4) is 0 Å². The lowest BCUT2D eigenvalue weighted by molar-refractivity contribution is -0.384. The smallest absolute Gasteiger partial charge is 0.336 e. The Hall–Kier alpha value is -3.60. The lowest BCUT2D eigenvalue weighted by Crippen LogP contribution is -2.35. The van der Waals surface area contributed by atoms with Gasteiger partial charge in [-0.1, -0.05) is 12.1 Å². The van der Waals surface area contributed by atoms with Crippen LogP contribution in [0, 0.1) is 10.1 Å². The average molecular weight is 487 g/mol. The van der Waals surface area contributed by atoms with Gasteiger partial charge < -0.3 is 19.4 Å². The highest BCUT2D eigenvalue weighted by molar-refractivity contribution is 7.80. The maximum Gasteiger partial charge on any atom is 0.336 e. The molecule has 0 fully saturated rings. The molecule has 34 heavy (non-hydrogen) atoms. The molecule has 0 bridgehead atoms. The van der Waals surface area contributed by atoms with Crippen molar-refractivity contribution in [3.05, 3.63) is 80.7 Å². The van der Waals surface area contributed by atoms with E-state index in [0.717, 1.165) is 0 Å². The summed E-state index contributed by atoms with van der Waals surface area (Å²) in [5, 5.41) is 13.9. The van der Waals surface area contributed by atoms with Crippen molar-refractivity contribution in [2.75, 3.05) is 13.2 Å². The topological polar surface area (TPSA) is 126 Å². The third-order valence-electron chi connectivity index (χ3n) is 5.38. The van der Waals surface area contributed by atoms with Crippen molar-refractivity contribution >= 4 is 30.3 Å². The molecular formula is C23H26N4O6S. The van der Waals surface area contributed by atoms with Crippen molar-refractivity contribution in [1.82, 2.24) is 14.9 Å². The molecule has 1 N–H and O–H groups in total. The molecule has 0 radical (unpaired) electrons. The number of hydrogen-bond acceptors (Lipinski definition) is 9. The van der Waals surface area contributed by atoms with Gasteiger partial charge in [0.15, 0.2) is 0 Å². The number of nitro benzene ring substituents is 1. The molecule has 1 aromatic heterocycles. The van der Waals surface area contributed by atoms with Gasteiger partial charge in [-0.2, -0.15) is 12.6 Å². The van der Waals surface area contributed by atoms with E-state index in [2.05, 4.69) is 10.3 Å². The highest BCUT2D eigenvalue weighted by Gasteiger charge is 2.41. The highest BCUT2D eigenvalue weighted by atomic mass is 32.1. The molecule has 11 heteroatoms. The van der Waals surface area contributed by atoms with Crippen molar-refractivity contribution in [2.24, 2.45) is 7.05 Å². The Balaban J connectivity index is 2.31. The Morgan fingerprint density at radius 3 is 2.44 bits per heavy atom. The number of rotatable bonds is 8.